The molecule has 2 rings (SSSR count). The summed E-state index contributed by atoms with van der Waals surface area (Å²) in [5, 5.41) is 12.2. The predicted octanol–water partition coefficient (Wildman–Crippen LogP) is 3.34. The zero-order valence-electron chi connectivity index (χ0n) is 10.9. The minimum Gasteiger partial charge on any atom is -0.481 e. The van der Waals surface area contributed by atoms with E-state index in [-0.39, 0.29) is 17.7 Å². The number of benzene rings is 1. The first-order valence-electron chi connectivity index (χ1n) is 6.59. The quantitative estimate of drug-likeness (QED) is 0.871. The van der Waals surface area contributed by atoms with E-state index in [1.807, 2.05) is 0 Å². The van der Waals surface area contributed by atoms with Crippen molar-refractivity contribution in [1.82, 2.24) is 0 Å². The molecule has 20 heavy (non-hydrogen) atoms. The van der Waals surface area contributed by atoms with Gasteiger partial charge in [-0.25, -0.2) is 0 Å². The third kappa shape index (κ3) is 4.08. The highest BCUT2D eigenvalue weighted by atomic mass is 19.3. The number of carbonyl (C=O) groups is 1. The number of carboxylic acids is 1. The highest BCUT2D eigenvalue weighted by Gasteiger charge is 2.25. The van der Waals surface area contributed by atoms with E-state index in [0.29, 0.717) is 18.5 Å². The lowest BCUT2D eigenvalue weighted by Crippen LogP contribution is -2.29. The Bertz CT molecular complexity index is 459. The van der Waals surface area contributed by atoms with E-state index in [0.717, 1.165) is 12.8 Å². The Morgan fingerprint density at radius 3 is 2.60 bits per heavy atom. The summed E-state index contributed by atoms with van der Waals surface area (Å²) in [4.78, 5) is 10.9. The number of hydrogen-bond donors (Lipinski definition) is 2. The van der Waals surface area contributed by atoms with Crippen LogP contribution in [0.3, 0.4) is 0 Å². The fraction of sp³-hybridized carbons (Fsp3) is 0.500. The second-order valence-corrected chi connectivity index (χ2v) is 4.94. The minimum atomic E-state index is -2.84. The molecular formula is C14H17F2NO3. The molecule has 0 bridgehead atoms. The van der Waals surface area contributed by atoms with Crippen LogP contribution in [0.2, 0.25) is 0 Å². The first-order chi connectivity index (χ1) is 9.54. The molecule has 4 nitrogen and oxygen atoms in total. The van der Waals surface area contributed by atoms with E-state index in [1.54, 1.807) is 12.1 Å². The summed E-state index contributed by atoms with van der Waals surface area (Å²) in [7, 11) is 0. The van der Waals surface area contributed by atoms with Gasteiger partial charge in [0, 0.05) is 17.8 Å². The first kappa shape index (κ1) is 14.6. The van der Waals surface area contributed by atoms with Crippen molar-refractivity contribution in [2.45, 2.75) is 38.3 Å². The van der Waals surface area contributed by atoms with Gasteiger partial charge in [-0.05, 0) is 37.8 Å². The highest BCUT2D eigenvalue weighted by molar-refractivity contribution is 5.70. The SMILES string of the molecule is O=C(O)C1CCC(Nc2cccc(OC(F)F)c2)CC1. The van der Waals surface area contributed by atoms with Crippen LogP contribution >= 0.6 is 0 Å². The monoisotopic (exact) mass is 285 g/mol. The van der Waals surface area contributed by atoms with E-state index in [2.05, 4.69) is 10.1 Å². The number of rotatable bonds is 5. The number of ether oxygens (including phenoxy) is 1. The molecule has 1 aliphatic rings. The van der Waals surface area contributed by atoms with Crippen LogP contribution in [0.5, 0.6) is 5.75 Å². The fourth-order valence-electron chi connectivity index (χ4n) is 2.48. The molecule has 110 valence electrons. The van der Waals surface area contributed by atoms with Gasteiger partial charge in [0.1, 0.15) is 5.75 Å². The minimum absolute atomic E-state index is 0.115. The zero-order chi connectivity index (χ0) is 14.5. The Morgan fingerprint density at radius 1 is 1.30 bits per heavy atom. The van der Waals surface area contributed by atoms with Crippen molar-refractivity contribution in [3.63, 3.8) is 0 Å². The van der Waals surface area contributed by atoms with Gasteiger partial charge in [0.05, 0.1) is 5.92 Å². The maximum absolute atomic E-state index is 12.1. The molecule has 0 radical (unpaired) electrons. The van der Waals surface area contributed by atoms with Gasteiger partial charge in [-0.15, -0.1) is 0 Å². The molecule has 0 aliphatic heterocycles. The summed E-state index contributed by atoms with van der Waals surface area (Å²) in [6.45, 7) is -2.84. The Labute approximate surface area is 115 Å². The van der Waals surface area contributed by atoms with Crippen molar-refractivity contribution in [2.75, 3.05) is 5.32 Å². The molecule has 0 unspecified atom stereocenters. The highest BCUT2D eigenvalue weighted by Crippen LogP contribution is 2.28. The molecule has 1 aliphatic carbocycles. The average Bonchev–Trinajstić information content (AvgIpc) is 2.39. The Kier molecular flexibility index (Phi) is 4.76. The molecule has 1 fully saturated rings. The van der Waals surface area contributed by atoms with E-state index < -0.39 is 12.6 Å². The predicted molar refractivity (Wildman–Crippen MR) is 70.1 cm³/mol. The molecular weight excluding hydrogens is 268 g/mol. The lowest BCUT2D eigenvalue weighted by Gasteiger charge is -2.27. The number of halogens is 2. The van der Waals surface area contributed by atoms with Crippen LogP contribution in [-0.2, 0) is 4.79 Å². The van der Waals surface area contributed by atoms with Crippen LogP contribution in [0.15, 0.2) is 24.3 Å². The molecule has 0 amide bonds. The standard InChI is InChI=1S/C14H17F2NO3/c15-14(16)20-12-3-1-2-11(8-12)17-10-6-4-9(5-7-10)13(18)19/h1-3,8-10,14,17H,4-7H2,(H,18,19). The normalized spacial score (nSPS) is 22.6. The molecule has 0 aromatic heterocycles. The van der Waals surface area contributed by atoms with Crippen LogP contribution < -0.4 is 10.1 Å². The van der Waals surface area contributed by atoms with Crippen LogP contribution in [0, 0.1) is 5.92 Å². The van der Waals surface area contributed by atoms with Gasteiger partial charge < -0.3 is 15.2 Å². The number of alkyl halides is 2. The maximum atomic E-state index is 12.1. The van der Waals surface area contributed by atoms with Gasteiger partial charge in [-0.2, -0.15) is 8.78 Å². The number of carboxylic acid groups (broad SMARTS) is 1. The van der Waals surface area contributed by atoms with Crippen LogP contribution in [-0.4, -0.2) is 23.7 Å². The molecule has 1 aromatic carbocycles. The number of anilines is 1. The van der Waals surface area contributed by atoms with E-state index >= 15 is 0 Å². The summed E-state index contributed by atoms with van der Waals surface area (Å²) >= 11 is 0. The fourth-order valence-corrected chi connectivity index (χ4v) is 2.48. The summed E-state index contributed by atoms with van der Waals surface area (Å²) in [5.74, 6) is -0.887. The molecule has 0 atom stereocenters. The summed E-state index contributed by atoms with van der Waals surface area (Å²) < 4.78 is 28.6. The lowest BCUT2D eigenvalue weighted by molar-refractivity contribution is -0.142. The molecule has 0 heterocycles. The zero-order valence-corrected chi connectivity index (χ0v) is 10.9. The topological polar surface area (TPSA) is 58.6 Å². The van der Waals surface area contributed by atoms with Gasteiger partial charge in [-0.1, -0.05) is 6.07 Å². The van der Waals surface area contributed by atoms with Gasteiger partial charge in [0.2, 0.25) is 0 Å². The first-order valence-corrected chi connectivity index (χ1v) is 6.59. The van der Waals surface area contributed by atoms with Crippen molar-refractivity contribution in [3.05, 3.63) is 24.3 Å². The average molecular weight is 285 g/mol. The van der Waals surface area contributed by atoms with Gasteiger partial charge in [-0.3, -0.25) is 4.79 Å². The van der Waals surface area contributed by atoms with Crippen LogP contribution in [0.4, 0.5) is 14.5 Å². The Morgan fingerprint density at radius 2 is 2.00 bits per heavy atom. The van der Waals surface area contributed by atoms with Crippen molar-refractivity contribution in [2.24, 2.45) is 5.92 Å². The van der Waals surface area contributed by atoms with Gasteiger partial charge in [0.15, 0.2) is 0 Å². The van der Waals surface area contributed by atoms with Crippen molar-refractivity contribution in [3.8, 4) is 5.75 Å². The van der Waals surface area contributed by atoms with E-state index in [9.17, 15) is 13.6 Å². The molecule has 0 saturated heterocycles. The third-order valence-corrected chi connectivity index (χ3v) is 3.51. The van der Waals surface area contributed by atoms with Crippen molar-refractivity contribution in [1.29, 1.82) is 0 Å². The second kappa shape index (κ2) is 6.54. The molecule has 0 spiro atoms. The third-order valence-electron chi connectivity index (χ3n) is 3.51. The van der Waals surface area contributed by atoms with Crippen molar-refractivity contribution < 1.29 is 23.4 Å². The summed E-state index contributed by atoms with van der Waals surface area (Å²) in [6, 6.07) is 6.59. The maximum Gasteiger partial charge on any atom is 0.387 e. The molecule has 2 N–H and O–H groups in total. The Hall–Kier alpha value is -1.85. The molecule has 6 heteroatoms. The molecule has 1 aromatic rings. The van der Waals surface area contributed by atoms with Gasteiger partial charge >= 0.3 is 12.6 Å². The summed E-state index contributed by atoms with van der Waals surface area (Å²) in [5.41, 5.74) is 0.710. The van der Waals surface area contributed by atoms with Gasteiger partial charge in [0.25, 0.3) is 0 Å². The number of nitrogens with one attached hydrogen (secondary N) is 1. The smallest absolute Gasteiger partial charge is 0.387 e. The molecule has 1 saturated carbocycles. The lowest BCUT2D eigenvalue weighted by atomic mass is 9.86. The number of aliphatic carboxylic acids is 1. The van der Waals surface area contributed by atoms with Crippen LogP contribution in [0.1, 0.15) is 25.7 Å². The largest absolute Gasteiger partial charge is 0.481 e. The Balaban J connectivity index is 1.89. The number of hydrogen-bond acceptors (Lipinski definition) is 3. The van der Waals surface area contributed by atoms with E-state index in [4.69, 9.17) is 5.11 Å². The van der Waals surface area contributed by atoms with Crippen molar-refractivity contribution >= 4 is 11.7 Å². The van der Waals surface area contributed by atoms with Crippen LogP contribution in [0.25, 0.3) is 0 Å². The van der Waals surface area contributed by atoms with E-state index in [1.165, 1.54) is 12.1 Å². The summed E-state index contributed by atoms with van der Waals surface area (Å²) in [6.07, 6.45) is 2.80. The second-order valence-electron chi connectivity index (χ2n) is 4.94.